The third kappa shape index (κ3) is 18.6. The van der Waals surface area contributed by atoms with Gasteiger partial charge in [0.1, 0.15) is 42.1 Å². The molecule has 0 aliphatic carbocycles. The molecule has 5 aromatic rings. The number of ether oxygens (including phenoxy) is 5. The summed E-state index contributed by atoms with van der Waals surface area (Å²) in [4.78, 5) is 66.4. The number of nitrogens with zero attached hydrogens (tertiary/aromatic N) is 1. The van der Waals surface area contributed by atoms with Gasteiger partial charge in [-0.05, 0) is 103 Å². The second-order valence-electron chi connectivity index (χ2n) is 19.2. The van der Waals surface area contributed by atoms with Crippen molar-refractivity contribution in [3.63, 3.8) is 0 Å². The molecule has 6 rings (SSSR count). The normalized spacial score (nSPS) is 14.5. The largest absolute Gasteiger partial charge is 0.497 e. The van der Waals surface area contributed by atoms with Crippen molar-refractivity contribution in [2.75, 3.05) is 40.5 Å². The average molecular weight is 1040 g/mol. The number of ketones is 1. The Morgan fingerprint density at radius 2 is 1.07 bits per heavy atom. The van der Waals surface area contributed by atoms with Crippen molar-refractivity contribution >= 4 is 29.8 Å². The van der Waals surface area contributed by atoms with Gasteiger partial charge in [-0.1, -0.05) is 135 Å². The summed E-state index contributed by atoms with van der Waals surface area (Å²) in [5.41, 5.74) is 3.34. The molecule has 76 heavy (non-hydrogen) atoms. The predicted molar refractivity (Wildman–Crippen MR) is 291 cm³/mol. The number of amides is 4. The first-order valence-corrected chi connectivity index (χ1v) is 26.7. The van der Waals surface area contributed by atoms with Gasteiger partial charge in [0, 0.05) is 38.9 Å². The number of aliphatic hydroxyl groups excluding tert-OH is 1. The van der Waals surface area contributed by atoms with Crippen molar-refractivity contribution in [2.24, 2.45) is 0 Å². The minimum atomic E-state index is -1.05. The van der Waals surface area contributed by atoms with Gasteiger partial charge in [0.15, 0.2) is 0 Å². The molecule has 1 unspecified atom stereocenters. The highest BCUT2D eigenvalue weighted by molar-refractivity contribution is 5.85. The first kappa shape index (κ1) is 58.0. The van der Waals surface area contributed by atoms with Crippen LogP contribution in [0.5, 0.6) is 11.5 Å². The number of hydrogen-bond donors (Lipinski definition) is 4. The summed E-state index contributed by atoms with van der Waals surface area (Å²) < 4.78 is 28.7. The Morgan fingerprint density at radius 3 is 1.63 bits per heavy atom. The molecule has 406 valence electrons. The van der Waals surface area contributed by atoms with Gasteiger partial charge in [-0.3, -0.25) is 14.4 Å². The fourth-order valence-corrected chi connectivity index (χ4v) is 9.44. The van der Waals surface area contributed by atoms with Gasteiger partial charge < -0.3 is 49.6 Å². The summed E-state index contributed by atoms with van der Waals surface area (Å²) in [6.07, 6.45) is 6.46. The van der Waals surface area contributed by atoms with E-state index in [2.05, 4.69) is 16.0 Å². The van der Waals surface area contributed by atoms with Gasteiger partial charge >= 0.3 is 12.2 Å². The monoisotopic (exact) mass is 1040 g/mol. The number of β-amino-alcohol motifs (C(OH)–C–C–N with tert-alkyl or cyclic N) is 1. The molecule has 0 saturated carbocycles. The molecule has 4 N–H and O–H groups in total. The summed E-state index contributed by atoms with van der Waals surface area (Å²) in [5, 5.41) is 19.2. The maximum atomic E-state index is 13.7. The Balaban J connectivity index is 0.878. The van der Waals surface area contributed by atoms with E-state index in [0.717, 1.165) is 53.5 Å². The summed E-state index contributed by atoms with van der Waals surface area (Å²) in [6, 6.07) is 43.1. The van der Waals surface area contributed by atoms with Gasteiger partial charge in [-0.25, -0.2) is 9.59 Å². The molecule has 0 spiro atoms. The Labute approximate surface area is 448 Å². The topological polar surface area (TPSA) is 191 Å². The zero-order valence-electron chi connectivity index (χ0n) is 44.1. The number of methoxy groups -OCH3 is 2. The zero-order valence-corrected chi connectivity index (χ0v) is 44.1. The third-order valence-electron chi connectivity index (χ3n) is 13.6. The SMILES string of the molecule is COc1ccc(C(OC[C@@H]2CC(O)CN2C(=O)CCCCCCC(=O)CCCCCNC(=O)[C@H](CCCCNC(=O)OCc2ccccc2)NC(=O)OCc2ccccc2)(c2ccccc2)c2ccc(OC)cc2)cc1. The van der Waals surface area contributed by atoms with E-state index in [1.54, 1.807) is 19.1 Å². The predicted octanol–water partition coefficient (Wildman–Crippen LogP) is 9.95. The number of nitrogens with one attached hydrogen (secondary N) is 3. The number of alkyl carbamates (subject to hydrolysis) is 2. The third-order valence-corrected chi connectivity index (χ3v) is 13.6. The van der Waals surface area contributed by atoms with Crippen LogP contribution in [0.25, 0.3) is 0 Å². The smallest absolute Gasteiger partial charge is 0.408 e. The number of benzene rings is 5. The first-order valence-electron chi connectivity index (χ1n) is 26.7. The van der Waals surface area contributed by atoms with Gasteiger partial charge in [-0.15, -0.1) is 0 Å². The molecular weight excluding hydrogens is 965 g/mol. The molecule has 0 aromatic heterocycles. The quantitative estimate of drug-likeness (QED) is 0.0237. The number of Topliss-reactive ketones (excluding diaryl/α,β-unsaturated/α-hetero) is 1. The molecule has 0 bridgehead atoms. The molecule has 1 fully saturated rings. The fourth-order valence-electron chi connectivity index (χ4n) is 9.44. The second kappa shape index (κ2) is 31.6. The number of carbonyl (C=O) groups excluding carboxylic acids is 5. The van der Waals surface area contributed by atoms with Crippen molar-refractivity contribution < 1.29 is 52.8 Å². The molecule has 1 aliphatic heterocycles. The molecule has 1 heterocycles. The molecule has 5 aromatic carbocycles. The van der Waals surface area contributed by atoms with Crippen molar-refractivity contribution in [1.82, 2.24) is 20.9 Å². The van der Waals surface area contributed by atoms with Crippen LogP contribution >= 0.6 is 0 Å². The molecule has 15 nitrogen and oxygen atoms in total. The van der Waals surface area contributed by atoms with Crippen molar-refractivity contribution in [2.45, 2.75) is 127 Å². The Bertz CT molecular complexity index is 2470. The van der Waals surface area contributed by atoms with E-state index in [0.29, 0.717) is 88.8 Å². The number of carbonyl (C=O) groups is 5. The lowest BCUT2D eigenvalue weighted by Gasteiger charge is -2.38. The van der Waals surface area contributed by atoms with E-state index >= 15 is 0 Å². The van der Waals surface area contributed by atoms with Crippen LogP contribution in [0.1, 0.15) is 118 Å². The van der Waals surface area contributed by atoms with Crippen LogP contribution in [0.3, 0.4) is 0 Å². The number of aliphatic hydroxyl groups is 1. The van der Waals surface area contributed by atoms with E-state index in [-0.39, 0.29) is 50.0 Å². The summed E-state index contributed by atoms with van der Waals surface area (Å²) in [5.74, 6) is 1.28. The lowest BCUT2D eigenvalue weighted by Crippen LogP contribution is -2.47. The van der Waals surface area contributed by atoms with Crippen molar-refractivity contribution in [3.05, 3.63) is 167 Å². The molecule has 4 amide bonds. The molecule has 15 heteroatoms. The molecular formula is C61H76N4O11. The van der Waals surface area contributed by atoms with Crippen molar-refractivity contribution in [3.8, 4) is 11.5 Å². The number of hydrogen-bond acceptors (Lipinski definition) is 11. The number of likely N-dealkylation sites (tertiary alicyclic amines) is 1. The number of rotatable bonds is 32. The zero-order chi connectivity index (χ0) is 53.8. The second-order valence-corrected chi connectivity index (χ2v) is 19.2. The van der Waals surface area contributed by atoms with E-state index in [4.69, 9.17) is 23.7 Å². The van der Waals surface area contributed by atoms with Gasteiger partial charge in [0.25, 0.3) is 0 Å². The van der Waals surface area contributed by atoms with Gasteiger partial charge in [0.2, 0.25) is 11.8 Å². The average Bonchev–Trinajstić information content (AvgIpc) is 3.92. The van der Waals surface area contributed by atoms with E-state index < -0.39 is 29.9 Å². The molecule has 0 radical (unpaired) electrons. The Kier molecular flexibility index (Phi) is 24.1. The van der Waals surface area contributed by atoms with Crippen LogP contribution in [0.2, 0.25) is 0 Å². The summed E-state index contributed by atoms with van der Waals surface area (Å²) >= 11 is 0. The van der Waals surface area contributed by atoms with Crippen LogP contribution in [-0.2, 0) is 47.4 Å². The minimum absolute atomic E-state index is 0.0202. The van der Waals surface area contributed by atoms with Gasteiger partial charge in [0.05, 0.1) is 33.0 Å². The lowest BCUT2D eigenvalue weighted by molar-refractivity contribution is -0.134. The maximum Gasteiger partial charge on any atom is 0.408 e. The standard InChI is InChI=1S/C61H76N4O11/c1-72-54-35-31-49(32-36-54)61(48-25-13-7-14-26-48,50-33-37-55(73-2)38-34-50)76-45-51-41-53(67)42-65(51)57(68)30-17-4-3-15-27-52(66)28-16-8-19-39-62-58(69)56(64-60(71)75-44-47-23-11-6-12-24-47)29-18-20-40-63-59(70)74-43-46-21-9-5-10-22-46/h5-7,9-14,21-26,31-38,51,53,56,67H,3-4,8,15-20,27-30,39-45H2,1-2H3,(H,62,69)(H,63,70)(H,64,71)/t51-,53?,56-/m0/s1. The lowest BCUT2D eigenvalue weighted by atomic mass is 9.80. The van der Waals surface area contributed by atoms with Crippen LogP contribution in [0.15, 0.2) is 140 Å². The highest BCUT2D eigenvalue weighted by Crippen LogP contribution is 2.42. The van der Waals surface area contributed by atoms with Crippen LogP contribution < -0.4 is 25.4 Å². The summed E-state index contributed by atoms with van der Waals surface area (Å²) in [7, 11) is 3.26. The summed E-state index contributed by atoms with van der Waals surface area (Å²) in [6.45, 7) is 1.41. The van der Waals surface area contributed by atoms with E-state index in [1.807, 2.05) is 140 Å². The first-order chi connectivity index (χ1) is 37.1. The van der Waals surface area contributed by atoms with Gasteiger partial charge in [-0.2, -0.15) is 0 Å². The maximum absolute atomic E-state index is 13.7. The van der Waals surface area contributed by atoms with Crippen LogP contribution in [0, 0.1) is 0 Å². The van der Waals surface area contributed by atoms with Crippen molar-refractivity contribution in [1.29, 1.82) is 0 Å². The highest BCUT2D eigenvalue weighted by Gasteiger charge is 2.41. The Morgan fingerprint density at radius 1 is 0.579 bits per heavy atom. The van der Waals surface area contributed by atoms with Crippen LogP contribution in [-0.4, -0.2) is 98.4 Å². The van der Waals surface area contributed by atoms with E-state index in [9.17, 15) is 29.1 Å². The van der Waals surface area contributed by atoms with E-state index in [1.165, 1.54) is 0 Å². The molecule has 3 atom stereocenters. The number of unbranched alkanes of at least 4 members (excludes halogenated alkanes) is 6. The van der Waals surface area contributed by atoms with Crippen LogP contribution in [0.4, 0.5) is 9.59 Å². The molecule has 1 aliphatic rings. The molecule has 1 saturated heterocycles. The fraction of sp³-hybridized carbons (Fsp3) is 0.426. The highest BCUT2D eigenvalue weighted by atomic mass is 16.6. The minimum Gasteiger partial charge on any atom is -0.497 e. The Hall–Kier alpha value is -7.23.